The minimum absolute atomic E-state index is 0.440. The van der Waals surface area contributed by atoms with Crippen molar-refractivity contribution in [2.75, 3.05) is 18.4 Å². The van der Waals surface area contributed by atoms with Gasteiger partial charge in [0.25, 0.3) is 0 Å². The zero-order valence-electron chi connectivity index (χ0n) is 10.4. The summed E-state index contributed by atoms with van der Waals surface area (Å²) in [5.74, 6) is -1.02. The molecule has 2 heterocycles. The van der Waals surface area contributed by atoms with Crippen molar-refractivity contribution in [2.45, 2.75) is 32.6 Å². The SMILES string of the molecule is Cc1csc(NC(=O)C(=O)N2CCCCCC2)n1. The third-order valence-electron chi connectivity index (χ3n) is 2.93. The molecule has 0 bridgehead atoms. The number of carbonyl (C=O) groups is 2. The van der Waals surface area contributed by atoms with Crippen molar-refractivity contribution in [1.29, 1.82) is 0 Å². The molecule has 0 unspecified atom stereocenters. The lowest BCUT2D eigenvalue weighted by Gasteiger charge is -2.18. The second-order valence-electron chi connectivity index (χ2n) is 4.45. The van der Waals surface area contributed by atoms with Crippen LogP contribution in [0.3, 0.4) is 0 Å². The fourth-order valence-corrected chi connectivity index (χ4v) is 2.66. The van der Waals surface area contributed by atoms with Gasteiger partial charge in [0.2, 0.25) is 0 Å². The fourth-order valence-electron chi connectivity index (χ4n) is 1.98. The van der Waals surface area contributed by atoms with Gasteiger partial charge in [-0.15, -0.1) is 11.3 Å². The van der Waals surface area contributed by atoms with Crippen molar-refractivity contribution in [2.24, 2.45) is 0 Å². The summed E-state index contributed by atoms with van der Waals surface area (Å²) >= 11 is 1.33. The molecular formula is C12H17N3O2S. The van der Waals surface area contributed by atoms with Crippen LogP contribution in [0.2, 0.25) is 0 Å². The van der Waals surface area contributed by atoms with Crippen molar-refractivity contribution in [3.63, 3.8) is 0 Å². The number of likely N-dealkylation sites (tertiary alicyclic amines) is 1. The highest BCUT2D eigenvalue weighted by molar-refractivity contribution is 7.14. The van der Waals surface area contributed by atoms with Crippen LogP contribution in [-0.4, -0.2) is 34.8 Å². The average molecular weight is 267 g/mol. The number of rotatable bonds is 1. The minimum Gasteiger partial charge on any atom is -0.334 e. The van der Waals surface area contributed by atoms with Gasteiger partial charge in [-0.25, -0.2) is 4.98 Å². The van der Waals surface area contributed by atoms with E-state index in [1.165, 1.54) is 11.3 Å². The lowest BCUT2D eigenvalue weighted by molar-refractivity contribution is -0.143. The van der Waals surface area contributed by atoms with Gasteiger partial charge in [0, 0.05) is 18.5 Å². The van der Waals surface area contributed by atoms with Crippen molar-refractivity contribution >= 4 is 28.3 Å². The Hall–Kier alpha value is -1.43. The number of nitrogens with zero attached hydrogens (tertiary/aromatic N) is 2. The number of thiazole rings is 1. The van der Waals surface area contributed by atoms with Crippen LogP contribution in [0.15, 0.2) is 5.38 Å². The highest BCUT2D eigenvalue weighted by Gasteiger charge is 2.23. The van der Waals surface area contributed by atoms with E-state index in [1.54, 1.807) is 4.90 Å². The maximum atomic E-state index is 12.0. The molecule has 18 heavy (non-hydrogen) atoms. The van der Waals surface area contributed by atoms with E-state index in [9.17, 15) is 9.59 Å². The van der Waals surface area contributed by atoms with Crippen LogP contribution in [0, 0.1) is 6.92 Å². The number of nitrogens with one attached hydrogen (secondary N) is 1. The Morgan fingerprint density at radius 2 is 1.94 bits per heavy atom. The molecule has 5 nitrogen and oxygen atoms in total. The Bertz CT molecular complexity index is 436. The van der Waals surface area contributed by atoms with E-state index in [1.807, 2.05) is 12.3 Å². The van der Waals surface area contributed by atoms with E-state index in [4.69, 9.17) is 0 Å². The summed E-state index contributed by atoms with van der Waals surface area (Å²) in [5.41, 5.74) is 0.845. The van der Waals surface area contributed by atoms with Crippen LogP contribution in [0.25, 0.3) is 0 Å². The van der Waals surface area contributed by atoms with Gasteiger partial charge < -0.3 is 4.90 Å². The van der Waals surface area contributed by atoms with Gasteiger partial charge in [0.05, 0.1) is 5.69 Å². The van der Waals surface area contributed by atoms with E-state index < -0.39 is 11.8 Å². The van der Waals surface area contributed by atoms with Gasteiger partial charge in [0.1, 0.15) is 0 Å². The number of aryl methyl sites for hydroxylation is 1. The summed E-state index contributed by atoms with van der Waals surface area (Å²) in [6.07, 6.45) is 4.24. The predicted octanol–water partition coefficient (Wildman–Crippen LogP) is 1.79. The molecule has 2 amide bonds. The molecule has 1 aliphatic rings. The zero-order valence-corrected chi connectivity index (χ0v) is 11.3. The summed E-state index contributed by atoms with van der Waals surface area (Å²) in [4.78, 5) is 29.5. The average Bonchev–Trinajstić information content (AvgIpc) is 2.62. The van der Waals surface area contributed by atoms with Crippen molar-refractivity contribution in [1.82, 2.24) is 9.88 Å². The number of hydrogen-bond acceptors (Lipinski definition) is 4. The maximum Gasteiger partial charge on any atom is 0.315 e. The highest BCUT2D eigenvalue weighted by atomic mass is 32.1. The molecule has 98 valence electrons. The normalized spacial score (nSPS) is 16.2. The number of amides is 2. The van der Waals surface area contributed by atoms with Gasteiger partial charge >= 0.3 is 11.8 Å². The molecule has 1 saturated heterocycles. The molecule has 1 aliphatic heterocycles. The van der Waals surface area contributed by atoms with E-state index >= 15 is 0 Å². The van der Waals surface area contributed by atoms with Gasteiger partial charge in [-0.05, 0) is 19.8 Å². The molecular weight excluding hydrogens is 250 g/mol. The lowest BCUT2D eigenvalue weighted by Crippen LogP contribution is -2.40. The van der Waals surface area contributed by atoms with Crippen LogP contribution in [0.1, 0.15) is 31.4 Å². The topological polar surface area (TPSA) is 62.3 Å². The van der Waals surface area contributed by atoms with Gasteiger partial charge in [0.15, 0.2) is 5.13 Å². The fraction of sp³-hybridized carbons (Fsp3) is 0.583. The maximum absolute atomic E-state index is 12.0. The Kier molecular flexibility index (Phi) is 4.30. The molecule has 0 aromatic carbocycles. The van der Waals surface area contributed by atoms with Crippen LogP contribution in [-0.2, 0) is 9.59 Å². The molecule has 1 aromatic heterocycles. The molecule has 0 spiro atoms. The standard InChI is InChI=1S/C12H17N3O2S/c1-9-8-18-12(13-9)14-10(16)11(17)15-6-4-2-3-5-7-15/h8H,2-7H2,1H3,(H,13,14,16). The number of aromatic nitrogens is 1. The summed E-state index contributed by atoms with van der Waals surface area (Å²) in [5, 5.41) is 4.88. The van der Waals surface area contributed by atoms with Crippen LogP contribution >= 0.6 is 11.3 Å². The third kappa shape index (κ3) is 3.29. The molecule has 1 N–H and O–H groups in total. The van der Waals surface area contributed by atoms with Crippen LogP contribution in [0.5, 0.6) is 0 Å². The largest absolute Gasteiger partial charge is 0.334 e. The highest BCUT2D eigenvalue weighted by Crippen LogP contribution is 2.15. The first kappa shape index (κ1) is 13.0. The molecule has 1 aromatic rings. The van der Waals surface area contributed by atoms with Gasteiger partial charge in [-0.1, -0.05) is 12.8 Å². The Morgan fingerprint density at radius 1 is 1.28 bits per heavy atom. The van der Waals surface area contributed by atoms with Gasteiger partial charge in [-0.3, -0.25) is 14.9 Å². The number of carbonyl (C=O) groups excluding carboxylic acids is 2. The molecule has 1 fully saturated rings. The summed E-state index contributed by atoms with van der Waals surface area (Å²) in [6, 6.07) is 0. The van der Waals surface area contributed by atoms with Crippen molar-refractivity contribution < 1.29 is 9.59 Å². The van der Waals surface area contributed by atoms with Crippen molar-refractivity contribution in [3.05, 3.63) is 11.1 Å². The van der Waals surface area contributed by atoms with E-state index in [0.717, 1.165) is 31.4 Å². The molecule has 2 rings (SSSR count). The zero-order chi connectivity index (χ0) is 13.0. The first-order valence-electron chi connectivity index (χ1n) is 6.19. The molecule has 0 atom stereocenters. The number of hydrogen-bond donors (Lipinski definition) is 1. The van der Waals surface area contributed by atoms with Crippen molar-refractivity contribution in [3.8, 4) is 0 Å². The van der Waals surface area contributed by atoms with Gasteiger partial charge in [-0.2, -0.15) is 0 Å². The second kappa shape index (κ2) is 5.95. The third-order valence-corrected chi connectivity index (χ3v) is 3.80. The van der Waals surface area contributed by atoms with E-state index in [0.29, 0.717) is 18.2 Å². The predicted molar refractivity (Wildman–Crippen MR) is 70.5 cm³/mol. The van der Waals surface area contributed by atoms with Crippen LogP contribution in [0.4, 0.5) is 5.13 Å². The molecule has 0 radical (unpaired) electrons. The van der Waals surface area contributed by atoms with E-state index in [-0.39, 0.29) is 0 Å². The second-order valence-corrected chi connectivity index (χ2v) is 5.31. The Labute approximate surface area is 110 Å². The smallest absolute Gasteiger partial charge is 0.315 e. The minimum atomic E-state index is -0.578. The lowest BCUT2D eigenvalue weighted by atomic mass is 10.2. The Morgan fingerprint density at radius 3 is 2.50 bits per heavy atom. The van der Waals surface area contributed by atoms with Crippen LogP contribution < -0.4 is 5.32 Å². The molecule has 0 saturated carbocycles. The number of anilines is 1. The first-order valence-corrected chi connectivity index (χ1v) is 7.07. The summed E-state index contributed by atoms with van der Waals surface area (Å²) < 4.78 is 0. The first-order chi connectivity index (χ1) is 8.66. The van der Waals surface area contributed by atoms with E-state index in [2.05, 4.69) is 10.3 Å². The summed E-state index contributed by atoms with van der Waals surface area (Å²) in [6.45, 7) is 3.22. The quantitative estimate of drug-likeness (QED) is 0.789. The molecule has 0 aliphatic carbocycles. The summed E-state index contributed by atoms with van der Waals surface area (Å²) in [7, 11) is 0. The molecule has 6 heteroatoms. The Balaban J connectivity index is 1.93. The monoisotopic (exact) mass is 267 g/mol.